The molecule has 0 fully saturated rings. The van der Waals surface area contributed by atoms with Crippen LogP contribution in [0.4, 0.5) is 4.79 Å². The number of hydrogen-bond donors (Lipinski definition) is 2. The van der Waals surface area contributed by atoms with E-state index in [1.165, 1.54) is 32.6 Å². The van der Waals surface area contributed by atoms with Crippen molar-refractivity contribution in [2.75, 3.05) is 14.2 Å². The minimum Gasteiger partial charge on any atom is -0.493 e. The van der Waals surface area contributed by atoms with Gasteiger partial charge in [-0.25, -0.2) is 14.4 Å². The summed E-state index contributed by atoms with van der Waals surface area (Å²) in [5.74, 6) is -0.817. The molecule has 0 saturated carbocycles. The number of urea groups is 1. The molecule has 1 aromatic carbocycles. The van der Waals surface area contributed by atoms with Crippen LogP contribution in [0.5, 0.6) is 11.5 Å². The Labute approximate surface area is 160 Å². The van der Waals surface area contributed by atoms with E-state index in [1.807, 2.05) is 0 Å². The second-order valence-corrected chi connectivity index (χ2v) is 5.84. The number of furan rings is 1. The van der Waals surface area contributed by atoms with Crippen molar-refractivity contribution >= 4 is 18.0 Å². The summed E-state index contributed by atoms with van der Waals surface area (Å²) in [6.07, 6.45) is 1.36. The molecule has 28 heavy (non-hydrogen) atoms. The van der Waals surface area contributed by atoms with Gasteiger partial charge in [0, 0.05) is 5.70 Å². The van der Waals surface area contributed by atoms with Gasteiger partial charge in [-0.15, -0.1) is 0 Å². The topological polar surface area (TPSA) is 116 Å². The van der Waals surface area contributed by atoms with Gasteiger partial charge in [0.1, 0.15) is 0 Å². The van der Waals surface area contributed by atoms with Gasteiger partial charge in [0.25, 0.3) is 0 Å². The van der Waals surface area contributed by atoms with Gasteiger partial charge < -0.3 is 29.3 Å². The first kappa shape index (κ1) is 19.0. The molecule has 0 unspecified atom stereocenters. The van der Waals surface area contributed by atoms with Crippen LogP contribution in [0.25, 0.3) is 0 Å². The van der Waals surface area contributed by atoms with E-state index in [2.05, 4.69) is 10.6 Å². The van der Waals surface area contributed by atoms with Crippen molar-refractivity contribution in [1.29, 1.82) is 0 Å². The largest absolute Gasteiger partial charge is 0.493 e. The first-order chi connectivity index (χ1) is 13.4. The van der Waals surface area contributed by atoms with Crippen molar-refractivity contribution in [2.24, 2.45) is 0 Å². The molecule has 3 rings (SSSR count). The summed E-state index contributed by atoms with van der Waals surface area (Å²) >= 11 is 0. The minimum absolute atomic E-state index is 0.0447. The number of benzene rings is 1. The van der Waals surface area contributed by atoms with Gasteiger partial charge in [0.2, 0.25) is 5.76 Å². The van der Waals surface area contributed by atoms with Crippen LogP contribution < -0.4 is 20.1 Å². The maximum absolute atomic E-state index is 12.2. The molecule has 9 heteroatoms. The van der Waals surface area contributed by atoms with Crippen LogP contribution in [0.2, 0.25) is 0 Å². The molecular formula is C19H18N2O7. The van der Waals surface area contributed by atoms with Gasteiger partial charge >= 0.3 is 18.0 Å². The third kappa shape index (κ3) is 3.68. The number of hydrogen-bond acceptors (Lipinski definition) is 7. The van der Waals surface area contributed by atoms with Gasteiger partial charge in [-0.3, -0.25) is 0 Å². The second kappa shape index (κ2) is 7.87. The molecule has 2 heterocycles. The summed E-state index contributed by atoms with van der Waals surface area (Å²) in [6, 6.07) is 6.51. The number of ether oxygens (including phenoxy) is 3. The van der Waals surface area contributed by atoms with Gasteiger partial charge in [-0.05, 0) is 36.8 Å². The zero-order valence-corrected chi connectivity index (χ0v) is 15.4. The molecule has 2 amide bonds. The second-order valence-electron chi connectivity index (χ2n) is 5.84. The average Bonchev–Trinajstić information content (AvgIpc) is 3.22. The molecule has 0 aliphatic carbocycles. The molecule has 9 nitrogen and oxygen atoms in total. The van der Waals surface area contributed by atoms with E-state index >= 15 is 0 Å². The fourth-order valence-electron chi connectivity index (χ4n) is 2.82. The predicted molar refractivity (Wildman–Crippen MR) is 95.8 cm³/mol. The number of methoxy groups -OCH3 is 2. The monoisotopic (exact) mass is 386 g/mol. The van der Waals surface area contributed by atoms with Gasteiger partial charge in [-0.2, -0.15) is 0 Å². The quantitative estimate of drug-likeness (QED) is 0.598. The Morgan fingerprint density at radius 2 is 1.89 bits per heavy atom. The summed E-state index contributed by atoms with van der Waals surface area (Å²) in [4.78, 5) is 36.2. The van der Waals surface area contributed by atoms with Crippen LogP contribution in [0.1, 0.15) is 29.1 Å². The standard InChI is InChI=1S/C19H18N2O7/c1-10-15(18(23)26-3)16(21-19(24)20-10)11-6-7-12(14(9-11)25-2)28-17(22)13-5-4-8-27-13/h4-9,16H,1-3H3,(H2,20,21,24)/t16-/m0/s1. The Bertz CT molecular complexity index is 947. The normalized spacial score (nSPS) is 16.1. The SMILES string of the molecule is COC(=O)C1=C(C)NC(=O)N[C@H]1c1ccc(OC(=O)c2ccco2)c(OC)c1. The number of rotatable bonds is 5. The van der Waals surface area contributed by atoms with Crippen LogP contribution in [-0.4, -0.2) is 32.2 Å². The minimum atomic E-state index is -0.759. The summed E-state index contributed by atoms with van der Waals surface area (Å²) < 4.78 is 20.4. The fourth-order valence-corrected chi connectivity index (χ4v) is 2.82. The van der Waals surface area contributed by atoms with E-state index in [9.17, 15) is 14.4 Å². The van der Waals surface area contributed by atoms with Crippen LogP contribution >= 0.6 is 0 Å². The highest BCUT2D eigenvalue weighted by atomic mass is 16.6. The lowest BCUT2D eigenvalue weighted by Crippen LogP contribution is -2.45. The number of carbonyl (C=O) groups excluding carboxylic acids is 3. The highest BCUT2D eigenvalue weighted by Crippen LogP contribution is 2.34. The number of amides is 2. The summed E-state index contributed by atoms with van der Waals surface area (Å²) in [5, 5.41) is 5.22. The molecule has 0 radical (unpaired) electrons. The van der Waals surface area contributed by atoms with E-state index < -0.39 is 24.0 Å². The molecule has 0 saturated heterocycles. The van der Waals surface area contributed by atoms with Crippen molar-refractivity contribution in [2.45, 2.75) is 13.0 Å². The Morgan fingerprint density at radius 1 is 1.11 bits per heavy atom. The third-order valence-corrected chi connectivity index (χ3v) is 4.12. The molecule has 2 N–H and O–H groups in total. The van der Waals surface area contributed by atoms with E-state index in [0.29, 0.717) is 11.3 Å². The highest BCUT2D eigenvalue weighted by Gasteiger charge is 2.32. The first-order valence-electron chi connectivity index (χ1n) is 8.24. The molecular weight excluding hydrogens is 368 g/mol. The maximum Gasteiger partial charge on any atom is 0.379 e. The Kier molecular flexibility index (Phi) is 5.35. The average molecular weight is 386 g/mol. The molecule has 146 valence electrons. The smallest absolute Gasteiger partial charge is 0.379 e. The zero-order valence-electron chi connectivity index (χ0n) is 15.4. The highest BCUT2D eigenvalue weighted by molar-refractivity contribution is 5.95. The van der Waals surface area contributed by atoms with Crippen LogP contribution in [0.3, 0.4) is 0 Å². The molecule has 2 aromatic rings. The molecule has 1 aliphatic heterocycles. The lowest BCUT2D eigenvalue weighted by molar-refractivity contribution is -0.136. The number of nitrogens with one attached hydrogen (secondary N) is 2. The first-order valence-corrected chi connectivity index (χ1v) is 8.24. The lowest BCUT2D eigenvalue weighted by Gasteiger charge is -2.28. The molecule has 1 atom stereocenters. The number of allylic oxidation sites excluding steroid dienone is 1. The van der Waals surface area contributed by atoms with Crippen molar-refractivity contribution in [3.63, 3.8) is 0 Å². The summed E-state index contributed by atoms with van der Waals surface area (Å²) in [5.41, 5.74) is 1.18. The Balaban J connectivity index is 1.94. The number of carbonyl (C=O) groups is 3. The number of esters is 2. The van der Waals surface area contributed by atoms with Crippen molar-refractivity contribution in [3.05, 3.63) is 59.2 Å². The fraction of sp³-hybridized carbons (Fsp3) is 0.211. The maximum atomic E-state index is 12.2. The van der Waals surface area contributed by atoms with E-state index in [4.69, 9.17) is 18.6 Å². The van der Waals surface area contributed by atoms with E-state index in [0.717, 1.165) is 0 Å². The molecule has 1 aromatic heterocycles. The Morgan fingerprint density at radius 3 is 2.54 bits per heavy atom. The van der Waals surface area contributed by atoms with Gasteiger partial charge in [0.15, 0.2) is 11.5 Å². The molecule has 0 bridgehead atoms. The van der Waals surface area contributed by atoms with E-state index in [1.54, 1.807) is 25.1 Å². The van der Waals surface area contributed by atoms with Crippen LogP contribution in [0.15, 0.2) is 52.3 Å². The van der Waals surface area contributed by atoms with Crippen LogP contribution in [-0.2, 0) is 9.53 Å². The lowest BCUT2D eigenvalue weighted by atomic mass is 9.95. The van der Waals surface area contributed by atoms with Crippen molar-refractivity contribution in [3.8, 4) is 11.5 Å². The zero-order chi connectivity index (χ0) is 20.3. The Hall–Kier alpha value is -3.75. The third-order valence-electron chi connectivity index (χ3n) is 4.12. The van der Waals surface area contributed by atoms with E-state index in [-0.39, 0.29) is 22.8 Å². The van der Waals surface area contributed by atoms with Crippen LogP contribution in [0, 0.1) is 0 Å². The summed E-state index contributed by atoms with van der Waals surface area (Å²) in [7, 11) is 2.67. The van der Waals surface area contributed by atoms with Gasteiger partial charge in [0.05, 0.1) is 32.1 Å². The molecule has 1 aliphatic rings. The predicted octanol–water partition coefficient (Wildman–Crippen LogP) is 2.31. The van der Waals surface area contributed by atoms with Crippen molar-refractivity contribution in [1.82, 2.24) is 10.6 Å². The summed E-state index contributed by atoms with van der Waals surface area (Å²) in [6.45, 7) is 1.61. The van der Waals surface area contributed by atoms with Crippen molar-refractivity contribution < 1.29 is 33.0 Å². The molecule has 0 spiro atoms. The van der Waals surface area contributed by atoms with Gasteiger partial charge in [-0.1, -0.05) is 6.07 Å².